The fourth-order valence-electron chi connectivity index (χ4n) is 2.22. The SMILES string of the molecule is CCC/C=N/N/C(N)=N\c1ncc(Sc2ccccn2)cc1Oc1ccccc1. The second kappa shape index (κ2) is 10.8. The molecule has 0 aliphatic rings. The molecule has 7 nitrogen and oxygen atoms in total. The Kier molecular flexibility index (Phi) is 7.59. The number of para-hydroxylation sites is 1. The highest BCUT2D eigenvalue weighted by molar-refractivity contribution is 7.99. The summed E-state index contributed by atoms with van der Waals surface area (Å²) in [6, 6.07) is 17.1. The highest BCUT2D eigenvalue weighted by atomic mass is 32.2. The standard InChI is InChI=1S/C21H22N6OS/c1-2-3-13-25-27-21(22)26-20-18(28-16-9-5-4-6-10-16)14-17(15-24-20)29-19-11-7-8-12-23-19/h4-15H,2-3H2,1H3,(H3,22,24,26,27)/b25-13+. The van der Waals surface area contributed by atoms with Gasteiger partial charge in [-0.3, -0.25) is 0 Å². The smallest absolute Gasteiger partial charge is 0.216 e. The third-order valence-corrected chi connectivity index (χ3v) is 4.46. The summed E-state index contributed by atoms with van der Waals surface area (Å²) in [5.41, 5.74) is 8.62. The number of nitrogens with one attached hydrogen (secondary N) is 1. The van der Waals surface area contributed by atoms with Gasteiger partial charge >= 0.3 is 0 Å². The predicted octanol–water partition coefficient (Wildman–Crippen LogP) is 4.74. The van der Waals surface area contributed by atoms with Gasteiger partial charge in [0.05, 0.1) is 0 Å². The molecule has 29 heavy (non-hydrogen) atoms. The third-order valence-electron chi connectivity index (χ3n) is 3.55. The third kappa shape index (κ3) is 6.62. The zero-order chi connectivity index (χ0) is 20.3. The first-order chi connectivity index (χ1) is 14.2. The predicted molar refractivity (Wildman–Crippen MR) is 117 cm³/mol. The van der Waals surface area contributed by atoms with Crippen molar-refractivity contribution >= 4 is 29.8 Å². The molecule has 3 aromatic rings. The summed E-state index contributed by atoms with van der Waals surface area (Å²) < 4.78 is 6.01. The molecule has 2 heterocycles. The first kappa shape index (κ1) is 20.3. The Hall–Kier alpha value is -3.39. The van der Waals surface area contributed by atoms with Crippen molar-refractivity contribution in [3.8, 4) is 11.5 Å². The molecule has 0 saturated carbocycles. The van der Waals surface area contributed by atoms with Crippen LogP contribution in [-0.4, -0.2) is 22.1 Å². The molecular weight excluding hydrogens is 384 g/mol. The number of aliphatic imine (C=N–C) groups is 1. The summed E-state index contributed by atoms with van der Waals surface area (Å²) in [5.74, 6) is 1.65. The zero-order valence-electron chi connectivity index (χ0n) is 16.0. The van der Waals surface area contributed by atoms with Crippen molar-refractivity contribution in [3.63, 3.8) is 0 Å². The molecule has 0 bridgehead atoms. The van der Waals surface area contributed by atoms with Crippen LogP contribution in [0.5, 0.6) is 11.5 Å². The van der Waals surface area contributed by atoms with Crippen molar-refractivity contribution in [2.45, 2.75) is 29.7 Å². The lowest BCUT2D eigenvalue weighted by molar-refractivity contribution is 0.480. The quantitative estimate of drug-likeness (QED) is 0.318. The van der Waals surface area contributed by atoms with Crippen LogP contribution in [0, 0.1) is 0 Å². The molecule has 0 unspecified atom stereocenters. The van der Waals surface area contributed by atoms with Crippen LogP contribution >= 0.6 is 11.8 Å². The highest BCUT2D eigenvalue weighted by Gasteiger charge is 2.10. The lowest BCUT2D eigenvalue weighted by atomic mass is 10.3. The normalized spacial score (nSPS) is 11.6. The Morgan fingerprint density at radius 2 is 2.00 bits per heavy atom. The number of hydrogen-bond acceptors (Lipinski definition) is 6. The largest absolute Gasteiger partial charge is 0.453 e. The Morgan fingerprint density at radius 3 is 2.76 bits per heavy atom. The maximum absolute atomic E-state index is 6.01. The van der Waals surface area contributed by atoms with Gasteiger partial charge in [-0.2, -0.15) is 10.1 Å². The molecule has 3 rings (SSSR count). The Labute approximate surface area is 174 Å². The van der Waals surface area contributed by atoms with Gasteiger partial charge in [-0.15, -0.1) is 0 Å². The summed E-state index contributed by atoms with van der Waals surface area (Å²) in [6.07, 6.45) is 7.09. The minimum Gasteiger partial charge on any atom is -0.453 e. The second-order valence-electron chi connectivity index (χ2n) is 5.89. The van der Waals surface area contributed by atoms with Gasteiger partial charge in [0, 0.05) is 29.6 Å². The number of nitrogens with two attached hydrogens (primary N) is 1. The van der Waals surface area contributed by atoms with Crippen molar-refractivity contribution in [3.05, 3.63) is 67.0 Å². The fourth-order valence-corrected chi connectivity index (χ4v) is 3.00. The fraction of sp³-hybridized carbons (Fsp3) is 0.143. The minimum absolute atomic E-state index is 0.132. The number of hydrogen-bond donors (Lipinski definition) is 2. The summed E-state index contributed by atoms with van der Waals surface area (Å²) in [6.45, 7) is 2.07. The maximum Gasteiger partial charge on any atom is 0.216 e. The molecule has 0 fully saturated rings. The van der Waals surface area contributed by atoms with Crippen LogP contribution in [0.2, 0.25) is 0 Å². The van der Waals surface area contributed by atoms with E-state index in [1.165, 1.54) is 11.8 Å². The Morgan fingerprint density at radius 1 is 1.17 bits per heavy atom. The van der Waals surface area contributed by atoms with E-state index in [9.17, 15) is 0 Å². The van der Waals surface area contributed by atoms with E-state index in [1.807, 2.05) is 54.6 Å². The van der Waals surface area contributed by atoms with Crippen molar-refractivity contribution in [1.29, 1.82) is 0 Å². The van der Waals surface area contributed by atoms with Gasteiger partial charge in [-0.1, -0.05) is 49.4 Å². The topological polar surface area (TPSA) is 97.8 Å². The zero-order valence-corrected chi connectivity index (χ0v) is 16.8. The van der Waals surface area contributed by atoms with Gasteiger partial charge in [0.1, 0.15) is 10.8 Å². The first-order valence-electron chi connectivity index (χ1n) is 9.18. The van der Waals surface area contributed by atoms with E-state index in [1.54, 1.807) is 18.6 Å². The molecule has 1 aromatic carbocycles. The number of benzene rings is 1. The van der Waals surface area contributed by atoms with Crippen LogP contribution in [0.4, 0.5) is 5.82 Å². The van der Waals surface area contributed by atoms with E-state index in [2.05, 4.69) is 32.4 Å². The number of unbranched alkanes of at least 4 members (excludes halogenated alkanes) is 1. The lowest BCUT2D eigenvalue weighted by Crippen LogP contribution is -2.26. The average Bonchev–Trinajstić information content (AvgIpc) is 2.75. The first-order valence-corrected chi connectivity index (χ1v) is 10.00. The maximum atomic E-state index is 6.01. The lowest BCUT2D eigenvalue weighted by Gasteiger charge is -2.10. The summed E-state index contributed by atoms with van der Waals surface area (Å²) in [5, 5.41) is 4.90. The molecule has 0 aliphatic heterocycles. The molecule has 0 atom stereocenters. The number of nitrogens with zero attached hydrogens (tertiary/aromatic N) is 4. The van der Waals surface area contributed by atoms with E-state index >= 15 is 0 Å². The summed E-state index contributed by atoms with van der Waals surface area (Å²) >= 11 is 1.49. The summed E-state index contributed by atoms with van der Waals surface area (Å²) in [4.78, 5) is 13.9. The van der Waals surface area contributed by atoms with Gasteiger partial charge in [-0.05, 0) is 30.7 Å². The van der Waals surface area contributed by atoms with Crippen molar-refractivity contribution < 1.29 is 4.74 Å². The molecule has 0 aliphatic carbocycles. The highest BCUT2D eigenvalue weighted by Crippen LogP contribution is 2.35. The van der Waals surface area contributed by atoms with E-state index in [-0.39, 0.29) is 5.96 Å². The van der Waals surface area contributed by atoms with Gasteiger partial charge in [0.15, 0.2) is 11.6 Å². The monoisotopic (exact) mass is 406 g/mol. The van der Waals surface area contributed by atoms with E-state index in [0.717, 1.165) is 22.8 Å². The van der Waals surface area contributed by atoms with Gasteiger partial charge in [0.2, 0.25) is 5.96 Å². The Balaban J connectivity index is 1.85. The molecule has 2 aromatic heterocycles. The molecular formula is C21H22N6OS. The number of guanidine groups is 1. The van der Waals surface area contributed by atoms with Crippen LogP contribution in [-0.2, 0) is 0 Å². The molecule has 0 spiro atoms. The van der Waals surface area contributed by atoms with Crippen LogP contribution in [0.15, 0.2) is 87.0 Å². The molecule has 8 heteroatoms. The number of ether oxygens (including phenoxy) is 1. The minimum atomic E-state index is 0.132. The van der Waals surface area contributed by atoms with E-state index in [0.29, 0.717) is 17.3 Å². The van der Waals surface area contributed by atoms with Crippen LogP contribution in [0.25, 0.3) is 0 Å². The Bertz CT molecular complexity index is 963. The van der Waals surface area contributed by atoms with E-state index < -0.39 is 0 Å². The van der Waals surface area contributed by atoms with Gasteiger partial charge < -0.3 is 10.5 Å². The van der Waals surface area contributed by atoms with E-state index in [4.69, 9.17) is 10.5 Å². The number of rotatable bonds is 8. The molecule has 148 valence electrons. The number of hydrazone groups is 1. The molecule has 0 radical (unpaired) electrons. The number of pyridine rings is 2. The second-order valence-corrected chi connectivity index (χ2v) is 6.98. The average molecular weight is 407 g/mol. The summed E-state index contributed by atoms with van der Waals surface area (Å²) in [7, 11) is 0. The van der Waals surface area contributed by atoms with Crippen LogP contribution in [0.1, 0.15) is 19.8 Å². The molecule has 0 saturated heterocycles. The van der Waals surface area contributed by atoms with Crippen LogP contribution in [0.3, 0.4) is 0 Å². The molecule has 0 amide bonds. The molecule has 3 N–H and O–H groups in total. The number of aromatic nitrogens is 2. The van der Waals surface area contributed by atoms with Crippen molar-refractivity contribution in [2.75, 3.05) is 0 Å². The van der Waals surface area contributed by atoms with Gasteiger partial charge in [-0.25, -0.2) is 15.4 Å². The van der Waals surface area contributed by atoms with Crippen molar-refractivity contribution in [2.24, 2.45) is 15.8 Å². The van der Waals surface area contributed by atoms with Crippen molar-refractivity contribution in [1.82, 2.24) is 15.4 Å². The van der Waals surface area contributed by atoms with Gasteiger partial charge in [0.25, 0.3) is 0 Å². The van der Waals surface area contributed by atoms with Crippen LogP contribution < -0.4 is 15.9 Å².